The summed E-state index contributed by atoms with van der Waals surface area (Å²) >= 11 is 3.59. The number of ketones is 1. The molecule has 3 nitrogen and oxygen atoms in total. The van der Waals surface area contributed by atoms with Crippen LogP contribution in [0.25, 0.3) is 0 Å². The Bertz CT molecular complexity index is 392. The summed E-state index contributed by atoms with van der Waals surface area (Å²) in [6.45, 7) is 2.61. The summed E-state index contributed by atoms with van der Waals surface area (Å²) in [4.78, 5) is 12.5. The van der Waals surface area contributed by atoms with Gasteiger partial charge in [-0.25, -0.2) is 0 Å². The SMILES string of the molecule is CO[C@@]12OCC[C@@H]3C[C@@](C)(C=C(Br)[C@@H]31)C2=O. The van der Waals surface area contributed by atoms with Gasteiger partial charge < -0.3 is 9.47 Å². The van der Waals surface area contributed by atoms with Crippen molar-refractivity contribution in [2.24, 2.45) is 17.3 Å². The molecule has 1 saturated carbocycles. The predicted octanol–water partition coefficient (Wildman–Crippen LogP) is 2.25. The van der Waals surface area contributed by atoms with Gasteiger partial charge in [-0.2, -0.15) is 0 Å². The van der Waals surface area contributed by atoms with Crippen molar-refractivity contribution in [3.8, 4) is 0 Å². The van der Waals surface area contributed by atoms with Crippen molar-refractivity contribution in [3.05, 3.63) is 10.6 Å². The van der Waals surface area contributed by atoms with Crippen LogP contribution in [0.3, 0.4) is 0 Å². The molecule has 0 aromatic carbocycles. The number of methoxy groups -OCH3 is 1. The van der Waals surface area contributed by atoms with Crippen molar-refractivity contribution in [2.45, 2.75) is 25.6 Å². The average Bonchev–Trinajstić information content (AvgIpc) is 2.25. The highest BCUT2D eigenvalue weighted by atomic mass is 79.9. The van der Waals surface area contributed by atoms with Crippen molar-refractivity contribution in [1.29, 1.82) is 0 Å². The summed E-state index contributed by atoms with van der Waals surface area (Å²) in [5, 5.41) is 0. The molecule has 0 radical (unpaired) electrons. The molecule has 4 aliphatic rings. The van der Waals surface area contributed by atoms with Gasteiger partial charge in [0.05, 0.1) is 17.9 Å². The van der Waals surface area contributed by atoms with Crippen LogP contribution in [0.5, 0.6) is 0 Å². The summed E-state index contributed by atoms with van der Waals surface area (Å²) in [5.74, 6) is -0.383. The van der Waals surface area contributed by atoms with Crippen LogP contribution in [-0.4, -0.2) is 25.3 Å². The number of hydrogen-bond donors (Lipinski definition) is 0. The zero-order chi connectivity index (χ0) is 11.6. The Morgan fingerprint density at radius 2 is 2.38 bits per heavy atom. The minimum absolute atomic E-state index is 0.0561. The molecule has 0 aromatic heterocycles. The number of carbonyl (C=O) groups is 1. The Morgan fingerprint density at radius 3 is 3.06 bits per heavy atom. The van der Waals surface area contributed by atoms with E-state index < -0.39 is 11.2 Å². The second-order valence-electron chi connectivity index (χ2n) is 5.23. The first-order chi connectivity index (χ1) is 7.53. The molecule has 2 fully saturated rings. The van der Waals surface area contributed by atoms with Crippen LogP contribution in [-0.2, 0) is 14.3 Å². The maximum Gasteiger partial charge on any atom is 0.237 e. The highest BCUT2D eigenvalue weighted by Gasteiger charge is 2.66. The lowest BCUT2D eigenvalue weighted by atomic mass is 9.56. The zero-order valence-corrected chi connectivity index (χ0v) is 11.0. The molecule has 4 heteroatoms. The van der Waals surface area contributed by atoms with Crippen LogP contribution in [0.2, 0.25) is 0 Å². The van der Waals surface area contributed by atoms with Crippen LogP contribution in [0.15, 0.2) is 10.6 Å². The maximum atomic E-state index is 12.5. The quantitative estimate of drug-likeness (QED) is 0.742. The Labute approximate surface area is 103 Å². The molecule has 4 rings (SSSR count). The van der Waals surface area contributed by atoms with Crippen LogP contribution in [0.1, 0.15) is 19.8 Å². The Kier molecular flexibility index (Phi) is 2.17. The number of rotatable bonds is 1. The molecule has 3 aliphatic carbocycles. The van der Waals surface area contributed by atoms with Crippen LogP contribution in [0.4, 0.5) is 0 Å². The maximum absolute atomic E-state index is 12.5. The van der Waals surface area contributed by atoms with Crippen molar-refractivity contribution in [1.82, 2.24) is 0 Å². The average molecular weight is 287 g/mol. The number of Topliss-reactive ketones (excluding diaryl/α,β-unsaturated/α-hetero) is 1. The van der Waals surface area contributed by atoms with E-state index in [0.717, 1.165) is 17.3 Å². The van der Waals surface area contributed by atoms with Gasteiger partial charge in [0, 0.05) is 11.6 Å². The minimum atomic E-state index is -1.02. The van der Waals surface area contributed by atoms with E-state index in [1.54, 1.807) is 7.11 Å². The van der Waals surface area contributed by atoms with Crippen LogP contribution in [0, 0.1) is 17.3 Å². The lowest BCUT2D eigenvalue weighted by Crippen LogP contribution is -2.66. The topological polar surface area (TPSA) is 35.5 Å². The summed E-state index contributed by atoms with van der Waals surface area (Å²) in [6, 6.07) is 0. The summed E-state index contributed by atoms with van der Waals surface area (Å²) < 4.78 is 12.3. The summed E-state index contributed by atoms with van der Waals surface area (Å²) in [5.41, 5.74) is -0.422. The normalized spacial score (nSPS) is 50.4. The fraction of sp³-hybridized carbons (Fsp3) is 0.750. The van der Waals surface area contributed by atoms with Gasteiger partial charge in [-0.15, -0.1) is 0 Å². The van der Waals surface area contributed by atoms with Gasteiger partial charge in [-0.1, -0.05) is 22.0 Å². The molecule has 0 aromatic rings. The van der Waals surface area contributed by atoms with Crippen LogP contribution < -0.4 is 0 Å². The van der Waals surface area contributed by atoms with Gasteiger partial charge >= 0.3 is 0 Å². The molecule has 1 aliphatic heterocycles. The molecule has 1 saturated heterocycles. The molecule has 0 amide bonds. The van der Waals surface area contributed by atoms with E-state index in [4.69, 9.17) is 9.47 Å². The number of ether oxygens (including phenoxy) is 2. The fourth-order valence-corrected chi connectivity index (χ4v) is 4.78. The summed E-state index contributed by atoms with van der Waals surface area (Å²) in [7, 11) is 1.57. The van der Waals surface area contributed by atoms with Gasteiger partial charge in [0.15, 0.2) is 0 Å². The third-order valence-electron chi connectivity index (χ3n) is 4.26. The Morgan fingerprint density at radius 1 is 1.62 bits per heavy atom. The molecule has 1 heterocycles. The first-order valence-electron chi connectivity index (χ1n) is 5.66. The van der Waals surface area contributed by atoms with E-state index in [1.807, 2.05) is 13.0 Å². The van der Waals surface area contributed by atoms with Gasteiger partial charge in [-0.3, -0.25) is 4.79 Å². The number of allylic oxidation sites excluding steroid dienone is 1. The van der Waals surface area contributed by atoms with Crippen molar-refractivity contribution in [3.63, 3.8) is 0 Å². The minimum Gasteiger partial charge on any atom is -0.346 e. The summed E-state index contributed by atoms with van der Waals surface area (Å²) in [6.07, 6.45) is 3.99. The molecule has 0 N–H and O–H groups in total. The van der Waals surface area contributed by atoms with E-state index in [1.165, 1.54) is 0 Å². The first kappa shape index (κ1) is 10.9. The zero-order valence-electron chi connectivity index (χ0n) is 9.46. The second kappa shape index (κ2) is 3.18. The molecule has 4 atom stereocenters. The Balaban J connectivity index is 2.19. The monoisotopic (exact) mass is 286 g/mol. The van der Waals surface area contributed by atoms with Crippen molar-refractivity contribution < 1.29 is 14.3 Å². The number of carbonyl (C=O) groups excluding carboxylic acids is 1. The van der Waals surface area contributed by atoms with Crippen LogP contribution >= 0.6 is 15.9 Å². The molecule has 0 unspecified atom stereocenters. The standard InChI is InChI=1S/C12H15BrO3/c1-11-5-7-3-4-16-12(15-2,10(11)14)9(7)8(13)6-11/h6-7,9H,3-5H2,1-2H3/t7-,9-,11+,12-/m1/s1. The third kappa shape index (κ3) is 1.08. The third-order valence-corrected chi connectivity index (χ3v) is 4.99. The van der Waals surface area contributed by atoms with E-state index in [2.05, 4.69) is 15.9 Å². The lowest BCUT2D eigenvalue weighted by Gasteiger charge is -2.57. The first-order valence-corrected chi connectivity index (χ1v) is 6.45. The molecule has 88 valence electrons. The Hall–Kier alpha value is -0.190. The van der Waals surface area contributed by atoms with Gasteiger partial charge in [-0.05, 0) is 25.7 Å². The number of hydrogen-bond acceptors (Lipinski definition) is 3. The number of halogens is 1. The van der Waals surface area contributed by atoms with Crippen molar-refractivity contribution >= 4 is 21.7 Å². The molecule has 16 heavy (non-hydrogen) atoms. The van der Waals surface area contributed by atoms with E-state index in [9.17, 15) is 4.79 Å². The largest absolute Gasteiger partial charge is 0.346 e. The van der Waals surface area contributed by atoms with Gasteiger partial charge in [0.1, 0.15) is 0 Å². The fourth-order valence-electron chi connectivity index (χ4n) is 3.59. The highest BCUT2D eigenvalue weighted by Crippen LogP contribution is 2.59. The molecular weight excluding hydrogens is 272 g/mol. The predicted molar refractivity (Wildman–Crippen MR) is 62.0 cm³/mol. The van der Waals surface area contributed by atoms with E-state index in [-0.39, 0.29) is 11.7 Å². The molecule has 4 bridgehead atoms. The molecular formula is C12H15BrO3. The van der Waals surface area contributed by atoms with Gasteiger partial charge in [0.2, 0.25) is 11.6 Å². The lowest BCUT2D eigenvalue weighted by molar-refractivity contribution is -0.280. The van der Waals surface area contributed by atoms with E-state index >= 15 is 0 Å². The highest BCUT2D eigenvalue weighted by molar-refractivity contribution is 9.11. The van der Waals surface area contributed by atoms with E-state index in [0.29, 0.717) is 12.5 Å². The van der Waals surface area contributed by atoms with Gasteiger partial charge in [0.25, 0.3) is 0 Å². The van der Waals surface area contributed by atoms with Crippen molar-refractivity contribution in [2.75, 3.05) is 13.7 Å². The second-order valence-corrected chi connectivity index (χ2v) is 6.14. The smallest absolute Gasteiger partial charge is 0.237 e. The molecule has 0 spiro atoms.